The molecule has 31 heavy (non-hydrogen) atoms. The number of aromatic nitrogens is 2. The molecule has 1 atom stereocenters. The highest BCUT2D eigenvalue weighted by atomic mass is 16.5. The van der Waals surface area contributed by atoms with Crippen molar-refractivity contribution < 1.29 is 19.0 Å². The second-order valence-electron chi connectivity index (χ2n) is 8.45. The molecule has 1 amide bonds. The maximum Gasteiger partial charge on any atom is 0.273 e. The molecule has 0 saturated carbocycles. The number of likely N-dealkylation sites (tertiary alicyclic amines) is 1. The zero-order valence-corrected chi connectivity index (χ0v) is 17.8. The fraction of sp³-hybridized carbons (Fsp3) is 0.545. The lowest BCUT2D eigenvalue weighted by atomic mass is 9.99. The summed E-state index contributed by atoms with van der Waals surface area (Å²) in [6.07, 6.45) is 3.40. The third-order valence-corrected chi connectivity index (χ3v) is 6.22. The normalized spacial score (nSPS) is 22.2. The molecule has 2 fully saturated rings. The molecule has 2 aromatic rings. The number of carbonyl (C=O) groups is 1. The summed E-state index contributed by atoms with van der Waals surface area (Å²) in [4.78, 5) is 19.4. The molecule has 2 N–H and O–H groups in total. The Morgan fingerprint density at radius 1 is 1.16 bits per heavy atom. The SMILES string of the molecule is COc1ccc(OCC2CN(CC3NC(=O)c4cnc(C5CCOCC5)n4N3)C2)cc1. The average molecular weight is 428 g/mol. The van der Waals surface area contributed by atoms with Crippen LogP contribution >= 0.6 is 0 Å². The molecule has 166 valence electrons. The standard InChI is InChI=1S/C22H29N5O4/c1-29-17-2-4-18(5-3-17)31-14-15-11-26(12-15)13-20-24-22(28)19-10-23-21(27(19)25-20)16-6-8-30-9-7-16/h2-5,10,15-16,20,25H,6-9,11-14H2,1H3,(H,24,28). The van der Waals surface area contributed by atoms with Crippen LogP contribution in [0.3, 0.4) is 0 Å². The van der Waals surface area contributed by atoms with Crippen molar-refractivity contribution >= 4 is 5.91 Å². The Balaban J connectivity index is 1.11. The molecule has 1 aromatic carbocycles. The Hall–Kier alpha value is -2.78. The Bertz CT molecular complexity index is 903. The molecule has 5 rings (SSSR count). The molecule has 0 aliphatic carbocycles. The number of carbonyl (C=O) groups excluding carboxylic acids is 1. The third-order valence-electron chi connectivity index (χ3n) is 6.22. The molecule has 2 saturated heterocycles. The molecule has 0 radical (unpaired) electrons. The Morgan fingerprint density at radius 2 is 1.90 bits per heavy atom. The van der Waals surface area contributed by atoms with E-state index in [1.54, 1.807) is 13.3 Å². The lowest BCUT2D eigenvalue weighted by Crippen LogP contribution is -2.60. The van der Waals surface area contributed by atoms with Crippen LogP contribution in [0.25, 0.3) is 0 Å². The van der Waals surface area contributed by atoms with Gasteiger partial charge in [0.1, 0.15) is 29.2 Å². The second-order valence-corrected chi connectivity index (χ2v) is 8.45. The van der Waals surface area contributed by atoms with Crippen molar-refractivity contribution in [3.05, 3.63) is 42.0 Å². The van der Waals surface area contributed by atoms with Gasteiger partial charge >= 0.3 is 0 Å². The van der Waals surface area contributed by atoms with Crippen molar-refractivity contribution in [2.75, 3.05) is 52.0 Å². The van der Waals surface area contributed by atoms with Gasteiger partial charge < -0.3 is 25.0 Å². The third kappa shape index (κ3) is 4.33. The van der Waals surface area contributed by atoms with Crippen molar-refractivity contribution in [3.8, 4) is 11.5 Å². The summed E-state index contributed by atoms with van der Waals surface area (Å²) in [5, 5.41) is 3.05. The van der Waals surface area contributed by atoms with Crippen molar-refractivity contribution in [2.45, 2.75) is 24.9 Å². The molecule has 1 unspecified atom stereocenters. The van der Waals surface area contributed by atoms with Crippen molar-refractivity contribution in [1.29, 1.82) is 0 Å². The number of nitrogens with one attached hydrogen (secondary N) is 2. The maximum absolute atomic E-state index is 12.6. The zero-order chi connectivity index (χ0) is 21.2. The van der Waals surface area contributed by atoms with E-state index >= 15 is 0 Å². The Morgan fingerprint density at radius 3 is 2.65 bits per heavy atom. The number of fused-ring (bicyclic) bond motifs is 1. The highest BCUT2D eigenvalue weighted by Crippen LogP contribution is 2.27. The number of benzene rings is 1. The number of amides is 1. The smallest absolute Gasteiger partial charge is 0.273 e. The van der Waals surface area contributed by atoms with Crippen molar-refractivity contribution in [2.24, 2.45) is 5.92 Å². The van der Waals surface area contributed by atoms with Crippen LogP contribution in [-0.2, 0) is 4.74 Å². The number of imidazole rings is 1. The number of ether oxygens (including phenoxy) is 3. The van der Waals surface area contributed by atoms with Gasteiger partial charge in [-0.2, -0.15) is 0 Å². The van der Waals surface area contributed by atoms with E-state index in [0.29, 0.717) is 24.1 Å². The summed E-state index contributed by atoms with van der Waals surface area (Å²) in [5.41, 5.74) is 4.03. The predicted octanol–water partition coefficient (Wildman–Crippen LogP) is 1.41. The summed E-state index contributed by atoms with van der Waals surface area (Å²) in [7, 11) is 1.65. The average Bonchev–Trinajstić information content (AvgIpc) is 3.21. The fourth-order valence-electron chi connectivity index (χ4n) is 4.49. The minimum absolute atomic E-state index is 0.0746. The van der Waals surface area contributed by atoms with Gasteiger partial charge in [0, 0.05) is 44.7 Å². The molecule has 3 aliphatic rings. The van der Waals surface area contributed by atoms with E-state index < -0.39 is 0 Å². The summed E-state index contributed by atoms with van der Waals surface area (Å²) < 4.78 is 18.4. The topological polar surface area (TPSA) is 89.9 Å². The van der Waals surface area contributed by atoms with E-state index in [-0.39, 0.29) is 12.1 Å². The predicted molar refractivity (Wildman–Crippen MR) is 114 cm³/mol. The molecular weight excluding hydrogens is 398 g/mol. The van der Waals surface area contributed by atoms with Crippen LogP contribution in [0.5, 0.6) is 11.5 Å². The Labute approximate surface area is 181 Å². The number of nitrogens with zero attached hydrogens (tertiary/aromatic N) is 3. The van der Waals surface area contributed by atoms with E-state index in [9.17, 15) is 4.79 Å². The highest BCUT2D eigenvalue weighted by Gasteiger charge is 2.34. The monoisotopic (exact) mass is 427 g/mol. The van der Waals surface area contributed by atoms with E-state index in [4.69, 9.17) is 14.2 Å². The quantitative estimate of drug-likeness (QED) is 0.691. The fourth-order valence-corrected chi connectivity index (χ4v) is 4.49. The van der Waals surface area contributed by atoms with Crippen LogP contribution in [0.15, 0.2) is 30.5 Å². The Kier molecular flexibility index (Phi) is 5.69. The van der Waals surface area contributed by atoms with Crippen LogP contribution in [-0.4, -0.2) is 73.2 Å². The minimum atomic E-state index is -0.142. The number of methoxy groups -OCH3 is 1. The van der Waals surface area contributed by atoms with Gasteiger partial charge in [-0.15, -0.1) is 0 Å². The van der Waals surface area contributed by atoms with Gasteiger partial charge in [0.2, 0.25) is 0 Å². The summed E-state index contributed by atoms with van der Waals surface area (Å²) in [6, 6.07) is 7.66. The first-order chi connectivity index (χ1) is 15.2. The lowest BCUT2D eigenvalue weighted by Gasteiger charge is -2.42. The summed E-state index contributed by atoms with van der Waals surface area (Å²) in [5.74, 6) is 3.36. The molecular formula is C22H29N5O4. The van der Waals surface area contributed by atoms with Gasteiger partial charge in [-0.3, -0.25) is 9.69 Å². The first kappa shape index (κ1) is 20.1. The van der Waals surface area contributed by atoms with Gasteiger partial charge in [0.05, 0.1) is 19.9 Å². The van der Waals surface area contributed by atoms with Crippen molar-refractivity contribution in [1.82, 2.24) is 19.9 Å². The van der Waals surface area contributed by atoms with Crippen LogP contribution in [0.1, 0.15) is 35.1 Å². The second kappa shape index (κ2) is 8.76. The molecule has 0 spiro atoms. The van der Waals surface area contributed by atoms with Gasteiger partial charge in [-0.1, -0.05) is 0 Å². The number of rotatable bonds is 7. The molecule has 9 nitrogen and oxygen atoms in total. The van der Waals surface area contributed by atoms with E-state index in [0.717, 1.165) is 63.0 Å². The molecule has 4 heterocycles. The largest absolute Gasteiger partial charge is 0.497 e. The van der Waals surface area contributed by atoms with Crippen LogP contribution in [0.2, 0.25) is 0 Å². The van der Waals surface area contributed by atoms with Gasteiger partial charge in [-0.25, -0.2) is 9.66 Å². The van der Waals surface area contributed by atoms with E-state index in [1.165, 1.54) is 0 Å². The maximum atomic E-state index is 12.6. The minimum Gasteiger partial charge on any atom is -0.497 e. The van der Waals surface area contributed by atoms with Crippen LogP contribution in [0, 0.1) is 5.92 Å². The zero-order valence-electron chi connectivity index (χ0n) is 17.8. The summed E-state index contributed by atoms with van der Waals surface area (Å²) >= 11 is 0. The molecule has 3 aliphatic heterocycles. The van der Waals surface area contributed by atoms with E-state index in [2.05, 4.69) is 20.6 Å². The number of hydrogen-bond donors (Lipinski definition) is 2. The molecule has 0 bridgehead atoms. The molecule has 1 aromatic heterocycles. The van der Waals surface area contributed by atoms with Gasteiger partial charge in [0.25, 0.3) is 5.91 Å². The van der Waals surface area contributed by atoms with Gasteiger partial charge in [0.15, 0.2) is 0 Å². The van der Waals surface area contributed by atoms with Gasteiger partial charge in [-0.05, 0) is 37.1 Å². The van der Waals surface area contributed by atoms with E-state index in [1.807, 2.05) is 28.9 Å². The van der Waals surface area contributed by atoms with Crippen molar-refractivity contribution in [3.63, 3.8) is 0 Å². The molecule has 9 heteroatoms. The number of hydrogen-bond acceptors (Lipinski definition) is 7. The highest BCUT2D eigenvalue weighted by molar-refractivity contribution is 5.93. The van der Waals surface area contributed by atoms with Crippen LogP contribution in [0.4, 0.5) is 0 Å². The first-order valence-corrected chi connectivity index (χ1v) is 10.9. The van der Waals surface area contributed by atoms with Crippen LogP contribution < -0.4 is 20.2 Å². The summed E-state index contributed by atoms with van der Waals surface area (Å²) in [6.45, 7) is 4.83. The lowest BCUT2D eigenvalue weighted by molar-refractivity contribution is 0.0520. The first-order valence-electron chi connectivity index (χ1n) is 10.9.